The maximum atomic E-state index is 9.66. The molecule has 198 valence electrons. The van der Waals surface area contributed by atoms with Gasteiger partial charge in [0.2, 0.25) is 0 Å². The SMILES string of the molecule is N#Cc1ccc2oc3ccc(-n4c5ccccc5c5cc(-n6c7ccccc7c7ccc(C#N)cc76)ccc54)cc3c2c1. The third-order valence-corrected chi connectivity index (χ3v) is 8.56. The summed E-state index contributed by atoms with van der Waals surface area (Å²) in [6.45, 7) is 0. The van der Waals surface area contributed by atoms with Crippen LogP contribution < -0.4 is 0 Å². The summed E-state index contributed by atoms with van der Waals surface area (Å²) in [4.78, 5) is 0. The van der Waals surface area contributed by atoms with Crippen molar-refractivity contribution in [2.45, 2.75) is 0 Å². The van der Waals surface area contributed by atoms with Crippen LogP contribution in [0.25, 0.3) is 76.9 Å². The molecule has 0 atom stereocenters. The molecule has 0 saturated carbocycles. The van der Waals surface area contributed by atoms with E-state index in [0.29, 0.717) is 11.1 Å². The maximum absolute atomic E-state index is 9.66. The van der Waals surface area contributed by atoms with E-state index in [1.165, 1.54) is 0 Å². The van der Waals surface area contributed by atoms with E-state index in [-0.39, 0.29) is 0 Å². The van der Waals surface area contributed by atoms with E-state index in [0.717, 1.165) is 76.9 Å². The number of rotatable bonds is 2. The monoisotopic (exact) mass is 548 g/mol. The van der Waals surface area contributed by atoms with Crippen LogP contribution in [0.2, 0.25) is 0 Å². The second-order valence-corrected chi connectivity index (χ2v) is 10.9. The summed E-state index contributed by atoms with van der Waals surface area (Å²) in [6, 6.07) is 45.7. The molecule has 0 saturated heterocycles. The fourth-order valence-corrected chi connectivity index (χ4v) is 6.67. The fourth-order valence-electron chi connectivity index (χ4n) is 6.67. The largest absolute Gasteiger partial charge is 0.456 e. The molecule has 0 N–H and O–H groups in total. The lowest BCUT2D eigenvalue weighted by atomic mass is 10.1. The summed E-state index contributed by atoms with van der Waals surface area (Å²) in [6.07, 6.45) is 0. The first-order valence-electron chi connectivity index (χ1n) is 14.1. The van der Waals surface area contributed by atoms with Gasteiger partial charge in [-0.2, -0.15) is 10.5 Å². The predicted molar refractivity (Wildman–Crippen MR) is 172 cm³/mol. The van der Waals surface area contributed by atoms with Crippen LogP contribution in [-0.2, 0) is 0 Å². The van der Waals surface area contributed by atoms with Gasteiger partial charge < -0.3 is 13.6 Å². The molecule has 0 aliphatic rings. The van der Waals surface area contributed by atoms with Crippen molar-refractivity contribution in [1.29, 1.82) is 10.5 Å². The highest BCUT2D eigenvalue weighted by molar-refractivity contribution is 6.13. The molecule has 0 aliphatic carbocycles. The average molecular weight is 549 g/mol. The first-order chi connectivity index (χ1) is 21.2. The number of para-hydroxylation sites is 2. The van der Waals surface area contributed by atoms with E-state index in [4.69, 9.17) is 4.42 Å². The second kappa shape index (κ2) is 8.60. The molecule has 6 aromatic carbocycles. The summed E-state index contributed by atoms with van der Waals surface area (Å²) in [5.41, 5.74) is 9.17. The Morgan fingerprint density at radius 2 is 0.930 bits per heavy atom. The lowest BCUT2D eigenvalue weighted by molar-refractivity contribution is 0.669. The van der Waals surface area contributed by atoms with Crippen molar-refractivity contribution in [1.82, 2.24) is 9.13 Å². The van der Waals surface area contributed by atoms with Crippen LogP contribution in [-0.4, -0.2) is 9.13 Å². The zero-order valence-electron chi connectivity index (χ0n) is 22.7. The third kappa shape index (κ3) is 3.25. The van der Waals surface area contributed by atoms with Crippen LogP contribution in [0.4, 0.5) is 0 Å². The van der Waals surface area contributed by atoms with Gasteiger partial charge in [-0.25, -0.2) is 0 Å². The van der Waals surface area contributed by atoms with Gasteiger partial charge in [-0.15, -0.1) is 0 Å². The standard InChI is InChI=1S/C38H20N4O/c39-21-23-10-15-37-31(17-23)32-20-26(12-16-38(32)43-37)41-34-8-4-2-6-28(34)30-19-25(11-14-35(30)41)42-33-7-3-1-5-27(33)29-13-9-24(22-40)18-36(29)42/h1-20H. The topological polar surface area (TPSA) is 70.6 Å². The number of benzene rings is 6. The van der Waals surface area contributed by atoms with Gasteiger partial charge in [0.25, 0.3) is 0 Å². The summed E-state index contributed by atoms with van der Waals surface area (Å²) in [5.74, 6) is 0. The maximum Gasteiger partial charge on any atom is 0.135 e. The number of furan rings is 1. The van der Waals surface area contributed by atoms with Gasteiger partial charge in [-0.05, 0) is 78.9 Å². The molecule has 5 heteroatoms. The number of hydrogen-bond donors (Lipinski definition) is 0. The predicted octanol–water partition coefficient (Wildman–Crippen LogP) is 9.52. The van der Waals surface area contributed by atoms with Gasteiger partial charge in [0.05, 0.1) is 45.3 Å². The zero-order chi connectivity index (χ0) is 28.7. The minimum absolute atomic E-state index is 0.608. The Kier molecular flexibility index (Phi) is 4.68. The molecule has 43 heavy (non-hydrogen) atoms. The lowest BCUT2D eigenvalue weighted by Gasteiger charge is -2.10. The van der Waals surface area contributed by atoms with Crippen LogP contribution in [0.1, 0.15) is 11.1 Å². The normalized spacial score (nSPS) is 11.7. The molecule has 9 aromatic rings. The van der Waals surface area contributed by atoms with Crippen LogP contribution >= 0.6 is 0 Å². The molecular weight excluding hydrogens is 528 g/mol. The molecular formula is C38H20N4O. The Morgan fingerprint density at radius 3 is 1.67 bits per heavy atom. The van der Waals surface area contributed by atoms with Crippen LogP contribution in [0.5, 0.6) is 0 Å². The molecule has 9 rings (SSSR count). The minimum atomic E-state index is 0.608. The quantitative estimate of drug-likeness (QED) is 0.216. The summed E-state index contributed by atoms with van der Waals surface area (Å²) in [7, 11) is 0. The Labute approximate surface area is 245 Å². The van der Waals surface area contributed by atoms with Crippen molar-refractivity contribution in [3.63, 3.8) is 0 Å². The third-order valence-electron chi connectivity index (χ3n) is 8.56. The van der Waals surface area contributed by atoms with Gasteiger partial charge in [0, 0.05) is 43.7 Å². The highest BCUT2D eigenvalue weighted by Crippen LogP contribution is 2.38. The van der Waals surface area contributed by atoms with E-state index in [2.05, 4.69) is 100 Å². The first-order valence-corrected chi connectivity index (χ1v) is 14.1. The van der Waals surface area contributed by atoms with Crippen molar-refractivity contribution < 1.29 is 4.42 Å². The van der Waals surface area contributed by atoms with Gasteiger partial charge in [-0.1, -0.05) is 42.5 Å². The average Bonchev–Trinajstić information content (AvgIpc) is 3.71. The summed E-state index contributed by atoms with van der Waals surface area (Å²) >= 11 is 0. The van der Waals surface area contributed by atoms with Crippen molar-refractivity contribution in [3.05, 3.63) is 132 Å². The van der Waals surface area contributed by atoms with Crippen LogP contribution in [0, 0.1) is 22.7 Å². The van der Waals surface area contributed by atoms with Crippen molar-refractivity contribution in [2.24, 2.45) is 0 Å². The molecule has 0 unspecified atom stereocenters. The van der Waals surface area contributed by atoms with Gasteiger partial charge in [-0.3, -0.25) is 0 Å². The second-order valence-electron chi connectivity index (χ2n) is 10.9. The van der Waals surface area contributed by atoms with Crippen molar-refractivity contribution in [2.75, 3.05) is 0 Å². The smallest absolute Gasteiger partial charge is 0.135 e. The molecule has 5 nitrogen and oxygen atoms in total. The molecule has 0 bridgehead atoms. The Balaban J connectivity index is 1.33. The van der Waals surface area contributed by atoms with E-state index in [1.807, 2.05) is 36.4 Å². The minimum Gasteiger partial charge on any atom is -0.456 e. The number of fused-ring (bicyclic) bond motifs is 9. The molecule has 0 amide bonds. The number of nitriles is 2. The molecule has 3 aromatic heterocycles. The molecule has 0 spiro atoms. The highest BCUT2D eigenvalue weighted by atomic mass is 16.3. The van der Waals surface area contributed by atoms with E-state index in [1.54, 1.807) is 6.07 Å². The highest BCUT2D eigenvalue weighted by Gasteiger charge is 2.18. The van der Waals surface area contributed by atoms with E-state index < -0.39 is 0 Å². The number of nitrogens with zero attached hydrogens (tertiary/aromatic N) is 4. The van der Waals surface area contributed by atoms with E-state index in [9.17, 15) is 10.5 Å². The van der Waals surface area contributed by atoms with Gasteiger partial charge in [0.15, 0.2) is 0 Å². The first kappa shape index (κ1) is 23.4. The van der Waals surface area contributed by atoms with Crippen LogP contribution in [0.3, 0.4) is 0 Å². The Hall–Kier alpha value is -6.30. The van der Waals surface area contributed by atoms with Crippen molar-refractivity contribution in [3.8, 4) is 23.5 Å². The summed E-state index contributed by atoms with van der Waals surface area (Å²) in [5, 5.41) is 25.6. The zero-order valence-corrected chi connectivity index (χ0v) is 22.7. The number of aromatic nitrogens is 2. The molecule has 3 heterocycles. The summed E-state index contributed by atoms with van der Waals surface area (Å²) < 4.78 is 10.7. The molecule has 0 radical (unpaired) electrons. The van der Waals surface area contributed by atoms with Crippen LogP contribution in [0.15, 0.2) is 126 Å². The van der Waals surface area contributed by atoms with Crippen molar-refractivity contribution >= 4 is 65.6 Å². The van der Waals surface area contributed by atoms with E-state index >= 15 is 0 Å². The van der Waals surface area contributed by atoms with Gasteiger partial charge >= 0.3 is 0 Å². The lowest BCUT2D eigenvalue weighted by Crippen LogP contribution is -1.96. The molecule has 0 aliphatic heterocycles. The molecule has 0 fully saturated rings. The number of hydrogen-bond acceptors (Lipinski definition) is 3. The van der Waals surface area contributed by atoms with Gasteiger partial charge in [0.1, 0.15) is 11.2 Å². The Bertz CT molecular complexity index is 2710. The fraction of sp³-hybridized carbons (Fsp3) is 0. The Morgan fingerprint density at radius 1 is 0.419 bits per heavy atom.